The fraction of sp³-hybridized carbons (Fsp3) is 0.984. The first-order chi connectivity index (χ1) is 37.0. The van der Waals surface area contributed by atoms with Crippen LogP contribution in [0.4, 0.5) is 0 Å². The van der Waals surface area contributed by atoms with Crippen LogP contribution in [0, 0.1) is 0 Å². The van der Waals surface area contributed by atoms with Gasteiger partial charge in [0.15, 0.2) is 6.29 Å². The number of carbonyl (C=O) groups is 1. The summed E-state index contributed by atoms with van der Waals surface area (Å²) in [5.74, 6) is -0.223. The molecule has 7 atom stereocenters. The molecule has 0 aliphatic carbocycles. The lowest BCUT2D eigenvalue weighted by molar-refractivity contribution is -0.298. The van der Waals surface area contributed by atoms with Crippen LogP contribution in [-0.2, 0) is 28.9 Å². The predicted octanol–water partition coefficient (Wildman–Crippen LogP) is 16.4. The highest BCUT2D eigenvalue weighted by Crippen LogP contribution is 2.27. The van der Waals surface area contributed by atoms with Crippen molar-refractivity contribution in [3.05, 3.63) is 0 Å². The highest BCUT2D eigenvalue weighted by Gasteiger charge is 2.48. The number of aliphatic hydroxyl groups is 4. The van der Waals surface area contributed by atoms with Gasteiger partial charge < -0.3 is 35.2 Å². The van der Waals surface area contributed by atoms with Crippen molar-refractivity contribution in [3.8, 4) is 0 Å². The summed E-state index contributed by atoms with van der Waals surface area (Å²) in [4.78, 5) is 13.1. The SMILES string of the molecule is CCCCCCCCCCCCCCCCCCCCCCCCCCCCCCCCCCCCCCCCCC(=O)NC(COC1OC(CO)C(O)C(OS(=O)(=O)O)C1O)C(O)CCCCCCCCCCCC. The van der Waals surface area contributed by atoms with Gasteiger partial charge in [0.05, 0.1) is 25.4 Å². The van der Waals surface area contributed by atoms with Crippen molar-refractivity contribution in [1.82, 2.24) is 5.32 Å². The molecule has 0 saturated carbocycles. The fourth-order valence-electron chi connectivity index (χ4n) is 11.1. The maximum atomic E-state index is 13.1. The van der Waals surface area contributed by atoms with Gasteiger partial charge in [0.2, 0.25) is 5.91 Å². The molecule has 13 heteroatoms. The maximum absolute atomic E-state index is 13.1. The molecule has 1 saturated heterocycles. The molecule has 0 radical (unpaired) electrons. The van der Waals surface area contributed by atoms with E-state index in [9.17, 15) is 38.2 Å². The summed E-state index contributed by atoms with van der Waals surface area (Å²) in [5, 5.41) is 45.0. The molecule has 76 heavy (non-hydrogen) atoms. The normalized spacial score (nSPS) is 18.9. The van der Waals surface area contributed by atoms with Gasteiger partial charge >= 0.3 is 10.4 Å². The van der Waals surface area contributed by atoms with Gasteiger partial charge in [-0.25, -0.2) is 4.18 Å². The van der Waals surface area contributed by atoms with Gasteiger partial charge in [0.1, 0.15) is 24.4 Å². The van der Waals surface area contributed by atoms with Crippen LogP contribution in [0.25, 0.3) is 0 Å². The Balaban J connectivity index is 2.06. The molecule has 0 aromatic carbocycles. The molecule has 0 aromatic heterocycles. The Labute approximate surface area is 468 Å². The zero-order valence-electron chi connectivity index (χ0n) is 49.6. The molecular weight excluding hydrogens is 979 g/mol. The molecule has 12 nitrogen and oxygen atoms in total. The van der Waals surface area contributed by atoms with Gasteiger partial charge in [-0.1, -0.05) is 322 Å². The van der Waals surface area contributed by atoms with E-state index in [1.54, 1.807) is 0 Å². The van der Waals surface area contributed by atoms with Crippen LogP contribution in [0.1, 0.15) is 341 Å². The molecule has 0 aromatic rings. The number of hydrogen-bond donors (Lipinski definition) is 6. The molecule has 1 rings (SSSR count). The Morgan fingerprint density at radius 2 is 0.763 bits per heavy atom. The number of unbranched alkanes of at least 4 members (excludes halogenated alkanes) is 47. The van der Waals surface area contributed by atoms with Crippen molar-refractivity contribution in [1.29, 1.82) is 0 Å². The first-order valence-electron chi connectivity index (χ1n) is 32.9. The van der Waals surface area contributed by atoms with E-state index >= 15 is 0 Å². The van der Waals surface area contributed by atoms with Crippen LogP contribution in [0.3, 0.4) is 0 Å². The van der Waals surface area contributed by atoms with Crippen LogP contribution >= 0.6 is 0 Å². The third kappa shape index (κ3) is 44.8. The predicted molar refractivity (Wildman–Crippen MR) is 315 cm³/mol. The van der Waals surface area contributed by atoms with E-state index < -0.39 is 59.9 Å². The van der Waals surface area contributed by atoms with Crippen molar-refractivity contribution in [3.63, 3.8) is 0 Å². The van der Waals surface area contributed by atoms with E-state index in [0.717, 1.165) is 51.4 Å². The molecular formula is C63H125NO11S. The third-order valence-electron chi connectivity index (χ3n) is 16.2. The molecule has 1 heterocycles. The fourth-order valence-corrected chi connectivity index (χ4v) is 11.6. The minimum Gasteiger partial charge on any atom is -0.394 e. The summed E-state index contributed by atoms with van der Waals surface area (Å²) < 4.78 is 47.8. The quantitative estimate of drug-likeness (QED) is 0.0251. The number of amides is 1. The van der Waals surface area contributed by atoms with Crippen LogP contribution in [0.2, 0.25) is 0 Å². The number of nitrogens with one attached hydrogen (secondary N) is 1. The zero-order valence-corrected chi connectivity index (χ0v) is 50.4. The smallest absolute Gasteiger partial charge is 0.394 e. The average molecular weight is 1100 g/mol. The second kappa shape index (κ2) is 53.4. The van der Waals surface area contributed by atoms with E-state index in [2.05, 4.69) is 23.3 Å². The largest absolute Gasteiger partial charge is 0.397 e. The molecule has 0 spiro atoms. The summed E-state index contributed by atoms with van der Waals surface area (Å²) in [5.41, 5.74) is 0. The van der Waals surface area contributed by atoms with E-state index in [1.165, 1.54) is 263 Å². The minimum atomic E-state index is -5.07. The lowest BCUT2D eigenvalue weighted by atomic mass is 9.99. The molecule has 7 unspecified atom stereocenters. The zero-order chi connectivity index (χ0) is 55.4. The Morgan fingerprint density at radius 1 is 0.474 bits per heavy atom. The van der Waals surface area contributed by atoms with Crippen LogP contribution < -0.4 is 5.32 Å². The van der Waals surface area contributed by atoms with Crippen molar-refractivity contribution >= 4 is 16.3 Å². The highest BCUT2D eigenvalue weighted by atomic mass is 32.3. The van der Waals surface area contributed by atoms with Crippen molar-refractivity contribution in [2.45, 2.75) is 384 Å². The lowest BCUT2D eigenvalue weighted by Crippen LogP contribution is -2.61. The summed E-state index contributed by atoms with van der Waals surface area (Å²) in [6.07, 6.45) is 56.2. The van der Waals surface area contributed by atoms with Crippen LogP contribution in [0.15, 0.2) is 0 Å². The van der Waals surface area contributed by atoms with Crippen LogP contribution in [0.5, 0.6) is 0 Å². The van der Waals surface area contributed by atoms with E-state index in [-0.39, 0.29) is 12.5 Å². The number of aliphatic hydroxyl groups excluding tert-OH is 4. The number of ether oxygens (including phenoxy) is 2. The van der Waals surface area contributed by atoms with Gasteiger partial charge in [-0.3, -0.25) is 9.35 Å². The first-order valence-corrected chi connectivity index (χ1v) is 34.3. The Hall–Kier alpha value is -0.900. The van der Waals surface area contributed by atoms with E-state index in [0.29, 0.717) is 12.8 Å². The van der Waals surface area contributed by atoms with Crippen LogP contribution in [-0.4, -0.2) is 95.4 Å². The minimum absolute atomic E-state index is 0.223. The van der Waals surface area contributed by atoms with Crippen molar-refractivity contribution in [2.75, 3.05) is 13.2 Å². The summed E-state index contributed by atoms with van der Waals surface area (Å²) in [7, 11) is -5.07. The Bertz CT molecular complexity index is 1340. The molecule has 1 amide bonds. The maximum Gasteiger partial charge on any atom is 0.397 e. The second-order valence-corrected chi connectivity index (χ2v) is 24.5. The first kappa shape index (κ1) is 73.1. The van der Waals surface area contributed by atoms with Gasteiger partial charge in [0.25, 0.3) is 0 Å². The second-order valence-electron chi connectivity index (χ2n) is 23.4. The summed E-state index contributed by atoms with van der Waals surface area (Å²) >= 11 is 0. The number of rotatable bonds is 59. The number of carbonyl (C=O) groups excluding carboxylic acids is 1. The van der Waals surface area contributed by atoms with Gasteiger partial charge in [-0.2, -0.15) is 8.42 Å². The Kier molecular flexibility index (Phi) is 51.4. The van der Waals surface area contributed by atoms with Crippen molar-refractivity contribution in [2.24, 2.45) is 0 Å². The van der Waals surface area contributed by atoms with Crippen molar-refractivity contribution < 1.29 is 51.8 Å². The number of hydrogen-bond acceptors (Lipinski definition) is 10. The molecule has 1 fully saturated rings. The monoisotopic (exact) mass is 1100 g/mol. The Morgan fingerprint density at radius 3 is 1.05 bits per heavy atom. The molecule has 1 aliphatic rings. The summed E-state index contributed by atoms with van der Waals surface area (Å²) in [6.45, 7) is 3.47. The highest BCUT2D eigenvalue weighted by molar-refractivity contribution is 7.80. The third-order valence-corrected chi connectivity index (χ3v) is 16.6. The van der Waals surface area contributed by atoms with Gasteiger partial charge in [-0.05, 0) is 12.8 Å². The summed E-state index contributed by atoms with van der Waals surface area (Å²) in [6, 6.07) is -0.852. The average Bonchev–Trinajstić information content (AvgIpc) is 3.40. The van der Waals surface area contributed by atoms with E-state index in [1.807, 2.05) is 0 Å². The molecule has 0 bridgehead atoms. The standard InChI is InChI=1S/C63H125NO11S/c1-3-5-7-9-11-13-15-16-17-18-19-20-21-22-23-24-25-26-27-28-29-30-31-32-33-34-35-36-37-38-39-40-41-42-43-45-47-49-51-53-59(67)64-56(57(66)52-50-48-46-44-14-12-10-8-6-4-2)55-73-63-61(69)62(75-76(70,71)72)60(68)58(54-65)74-63/h56-58,60-63,65-66,68-69H,3-55H2,1-2H3,(H,64,67)(H,70,71,72). The van der Waals surface area contributed by atoms with Gasteiger partial charge in [0, 0.05) is 6.42 Å². The molecule has 1 aliphatic heterocycles. The van der Waals surface area contributed by atoms with E-state index in [4.69, 9.17) is 9.47 Å². The molecule has 454 valence electrons. The lowest BCUT2D eigenvalue weighted by Gasteiger charge is -2.41. The topological polar surface area (TPSA) is 192 Å². The van der Waals surface area contributed by atoms with Gasteiger partial charge in [-0.15, -0.1) is 0 Å². The molecule has 6 N–H and O–H groups in total.